The molecule has 4 aliphatic heterocycles. The van der Waals surface area contributed by atoms with Crippen LogP contribution in [0.2, 0.25) is 0 Å². The van der Waals surface area contributed by atoms with Gasteiger partial charge < -0.3 is 5.32 Å². The molecule has 33 heavy (non-hydrogen) atoms. The molecule has 4 atom stereocenters. The lowest BCUT2D eigenvalue weighted by Gasteiger charge is -2.36. The molecule has 0 aromatic heterocycles. The van der Waals surface area contributed by atoms with Crippen molar-refractivity contribution in [3.8, 4) is 0 Å². The minimum atomic E-state index is -4.61. The number of benzene rings is 2. The first-order chi connectivity index (χ1) is 15.7. The van der Waals surface area contributed by atoms with Crippen molar-refractivity contribution in [3.05, 3.63) is 59.2 Å². The highest BCUT2D eigenvalue weighted by atomic mass is 19.4. The number of amides is 3. The van der Waals surface area contributed by atoms with E-state index in [-0.39, 0.29) is 17.6 Å². The molecular weight excluding hydrogens is 435 g/mol. The molecule has 4 aliphatic rings. The van der Waals surface area contributed by atoms with Gasteiger partial charge in [0.2, 0.25) is 17.7 Å². The van der Waals surface area contributed by atoms with Crippen LogP contribution in [0.25, 0.3) is 0 Å². The molecule has 2 aromatic rings. The van der Waals surface area contributed by atoms with Crippen LogP contribution >= 0.6 is 0 Å². The van der Waals surface area contributed by atoms with E-state index in [0.29, 0.717) is 24.2 Å². The van der Waals surface area contributed by atoms with E-state index in [0.717, 1.165) is 29.0 Å². The topological polar surface area (TPSA) is 69.7 Å². The average Bonchev–Trinajstić information content (AvgIpc) is 3.46. The number of aryl methyl sites for hydroxylation is 1. The van der Waals surface area contributed by atoms with E-state index in [1.54, 1.807) is 6.07 Å². The van der Waals surface area contributed by atoms with Gasteiger partial charge in [0.25, 0.3) is 0 Å². The molecule has 0 bridgehead atoms. The molecule has 170 valence electrons. The number of nitrogens with one attached hydrogen (secondary N) is 1. The summed E-state index contributed by atoms with van der Waals surface area (Å²) in [6, 6.07) is 9.45. The standard InChI is InChI=1S/C24H20F3N3O3/c1-12-7-8-16-15(10-12)23(22(33)28-16)19-18(17-6-3-9-29(17)23)20(31)30(21(19)32)14-5-2-4-13(11-14)24(25,26)27/h2,4-5,7-8,10-11,17-19H,3,6,9H2,1H3,(H,28,33). The van der Waals surface area contributed by atoms with E-state index >= 15 is 0 Å². The number of nitrogens with zero attached hydrogens (tertiary/aromatic N) is 2. The summed E-state index contributed by atoms with van der Waals surface area (Å²) in [5, 5.41) is 2.89. The molecule has 2 aromatic carbocycles. The highest BCUT2D eigenvalue weighted by Gasteiger charge is 2.74. The molecule has 0 saturated carbocycles. The minimum Gasteiger partial charge on any atom is -0.324 e. The number of hydrogen-bond acceptors (Lipinski definition) is 4. The Morgan fingerprint density at radius 2 is 1.85 bits per heavy atom. The molecule has 4 heterocycles. The van der Waals surface area contributed by atoms with Crippen molar-refractivity contribution in [2.75, 3.05) is 16.8 Å². The van der Waals surface area contributed by atoms with Crippen molar-refractivity contribution in [1.29, 1.82) is 0 Å². The van der Waals surface area contributed by atoms with Crippen LogP contribution < -0.4 is 10.2 Å². The van der Waals surface area contributed by atoms with Crippen LogP contribution in [-0.2, 0) is 26.1 Å². The first-order valence-electron chi connectivity index (χ1n) is 10.9. The molecule has 1 spiro atoms. The normalized spacial score (nSPS) is 30.7. The summed E-state index contributed by atoms with van der Waals surface area (Å²) in [6.45, 7) is 2.46. The van der Waals surface area contributed by atoms with Gasteiger partial charge in [0.1, 0.15) is 5.54 Å². The molecule has 3 amide bonds. The van der Waals surface area contributed by atoms with Crippen molar-refractivity contribution in [2.24, 2.45) is 11.8 Å². The smallest absolute Gasteiger partial charge is 0.324 e. The monoisotopic (exact) mass is 455 g/mol. The summed E-state index contributed by atoms with van der Waals surface area (Å²) in [6.07, 6.45) is -3.19. The fourth-order valence-electron chi connectivity index (χ4n) is 6.39. The number of halogens is 3. The first-order valence-corrected chi connectivity index (χ1v) is 10.9. The van der Waals surface area contributed by atoms with Crippen LogP contribution in [-0.4, -0.2) is 35.2 Å². The Balaban J connectivity index is 1.53. The van der Waals surface area contributed by atoms with Gasteiger partial charge in [-0.3, -0.25) is 19.3 Å². The van der Waals surface area contributed by atoms with Crippen LogP contribution in [0.4, 0.5) is 24.5 Å². The van der Waals surface area contributed by atoms with Crippen molar-refractivity contribution in [1.82, 2.24) is 4.90 Å². The minimum absolute atomic E-state index is 0.114. The van der Waals surface area contributed by atoms with Gasteiger partial charge in [0.15, 0.2) is 0 Å². The highest BCUT2D eigenvalue weighted by molar-refractivity contribution is 6.25. The van der Waals surface area contributed by atoms with Crippen molar-refractivity contribution >= 4 is 29.1 Å². The zero-order valence-corrected chi connectivity index (χ0v) is 17.6. The highest BCUT2D eigenvalue weighted by Crippen LogP contribution is 2.60. The van der Waals surface area contributed by atoms with Crippen LogP contribution in [0, 0.1) is 18.8 Å². The van der Waals surface area contributed by atoms with Crippen molar-refractivity contribution in [2.45, 2.75) is 37.5 Å². The van der Waals surface area contributed by atoms with Crippen LogP contribution in [0.5, 0.6) is 0 Å². The molecule has 0 aliphatic carbocycles. The zero-order valence-electron chi connectivity index (χ0n) is 17.6. The summed E-state index contributed by atoms with van der Waals surface area (Å²) in [5.41, 5.74) is -0.203. The summed E-state index contributed by atoms with van der Waals surface area (Å²) in [4.78, 5) is 43.8. The van der Waals surface area contributed by atoms with Gasteiger partial charge in [-0.15, -0.1) is 0 Å². The third-order valence-corrected chi connectivity index (χ3v) is 7.58. The molecule has 6 rings (SSSR count). The largest absolute Gasteiger partial charge is 0.416 e. The Kier molecular flexibility index (Phi) is 3.98. The number of rotatable bonds is 1. The number of anilines is 2. The molecule has 0 radical (unpaired) electrons. The van der Waals surface area contributed by atoms with Crippen LogP contribution in [0.15, 0.2) is 42.5 Å². The molecule has 4 unspecified atom stereocenters. The van der Waals surface area contributed by atoms with Gasteiger partial charge in [-0.25, -0.2) is 4.90 Å². The second-order valence-electron chi connectivity index (χ2n) is 9.24. The summed E-state index contributed by atoms with van der Waals surface area (Å²) >= 11 is 0. The zero-order chi connectivity index (χ0) is 23.3. The van der Waals surface area contributed by atoms with E-state index in [2.05, 4.69) is 5.32 Å². The predicted octanol–water partition coefficient (Wildman–Crippen LogP) is 3.45. The van der Waals surface area contributed by atoms with Gasteiger partial charge in [0.05, 0.1) is 23.1 Å². The van der Waals surface area contributed by atoms with Gasteiger partial charge in [-0.1, -0.05) is 23.8 Å². The molecule has 1 N–H and O–H groups in total. The van der Waals surface area contributed by atoms with E-state index in [1.807, 2.05) is 24.0 Å². The maximum atomic E-state index is 13.8. The van der Waals surface area contributed by atoms with E-state index < -0.39 is 40.9 Å². The lowest BCUT2D eigenvalue weighted by Crippen LogP contribution is -2.54. The second kappa shape index (κ2) is 6.44. The Labute approximate surface area is 187 Å². The summed E-state index contributed by atoms with van der Waals surface area (Å²) in [5.74, 6) is -3.29. The summed E-state index contributed by atoms with van der Waals surface area (Å²) < 4.78 is 39.9. The average molecular weight is 455 g/mol. The number of imide groups is 1. The van der Waals surface area contributed by atoms with E-state index in [9.17, 15) is 27.6 Å². The molecular formula is C24H20F3N3O3. The molecule has 3 saturated heterocycles. The summed E-state index contributed by atoms with van der Waals surface area (Å²) in [7, 11) is 0. The Bertz CT molecular complexity index is 1240. The Morgan fingerprint density at radius 3 is 2.61 bits per heavy atom. The number of carbonyl (C=O) groups is 3. The van der Waals surface area contributed by atoms with Crippen LogP contribution in [0.3, 0.4) is 0 Å². The second-order valence-corrected chi connectivity index (χ2v) is 9.24. The SMILES string of the molecule is Cc1ccc2c(c1)C1(C(=O)N2)C2C(=O)N(c3cccc(C(F)(F)F)c3)C(=O)C2C2CCCN21. The van der Waals surface area contributed by atoms with Crippen LogP contribution in [0.1, 0.15) is 29.5 Å². The molecule has 9 heteroatoms. The van der Waals surface area contributed by atoms with E-state index in [1.165, 1.54) is 12.1 Å². The first kappa shape index (κ1) is 20.4. The Morgan fingerprint density at radius 1 is 1.06 bits per heavy atom. The lowest BCUT2D eigenvalue weighted by atomic mass is 9.75. The molecule has 3 fully saturated rings. The molecule has 6 nitrogen and oxygen atoms in total. The quantitative estimate of drug-likeness (QED) is 0.669. The van der Waals surface area contributed by atoms with Gasteiger partial charge in [-0.2, -0.15) is 13.2 Å². The lowest BCUT2D eigenvalue weighted by molar-refractivity contribution is -0.137. The number of fused-ring (bicyclic) bond motifs is 7. The van der Waals surface area contributed by atoms with E-state index in [4.69, 9.17) is 0 Å². The van der Waals surface area contributed by atoms with Gasteiger partial charge in [0, 0.05) is 17.3 Å². The fourth-order valence-corrected chi connectivity index (χ4v) is 6.39. The maximum absolute atomic E-state index is 13.8. The number of carbonyl (C=O) groups excluding carboxylic acids is 3. The Hall–Kier alpha value is -3.20. The third-order valence-electron chi connectivity index (χ3n) is 7.58. The predicted molar refractivity (Wildman–Crippen MR) is 112 cm³/mol. The van der Waals surface area contributed by atoms with Gasteiger partial charge in [-0.05, 0) is 50.6 Å². The number of alkyl halides is 3. The van der Waals surface area contributed by atoms with Gasteiger partial charge >= 0.3 is 6.18 Å². The number of hydrogen-bond donors (Lipinski definition) is 1. The maximum Gasteiger partial charge on any atom is 0.416 e. The third kappa shape index (κ3) is 2.45. The van der Waals surface area contributed by atoms with Crippen molar-refractivity contribution in [3.63, 3.8) is 0 Å². The fraction of sp³-hybridized carbons (Fsp3) is 0.375. The van der Waals surface area contributed by atoms with Crippen molar-refractivity contribution < 1.29 is 27.6 Å².